The topological polar surface area (TPSA) is 76.7 Å². The molecule has 0 radical (unpaired) electrons. The molecule has 2 heterocycles. The van der Waals surface area contributed by atoms with Gasteiger partial charge in [0.25, 0.3) is 0 Å². The molecular weight excluding hydrogens is 206 g/mol. The zero-order valence-electron chi connectivity index (χ0n) is 9.21. The van der Waals surface area contributed by atoms with E-state index >= 15 is 0 Å². The van der Waals surface area contributed by atoms with Crippen LogP contribution in [0.2, 0.25) is 0 Å². The Morgan fingerprint density at radius 1 is 1.44 bits per heavy atom. The molecule has 0 aliphatic carbocycles. The minimum atomic E-state index is 0.104. The van der Waals surface area contributed by atoms with Crippen LogP contribution < -0.4 is 5.32 Å². The maximum absolute atomic E-state index is 4.87. The highest BCUT2D eigenvalue weighted by molar-refractivity contribution is 5.00. The molecule has 0 spiro atoms. The summed E-state index contributed by atoms with van der Waals surface area (Å²) in [6.45, 7) is 4.33. The molecule has 0 saturated carbocycles. The quantitative estimate of drug-likeness (QED) is 0.827. The SMILES string of the molecule is Cc1nc(CNC(C)c2cnccn2)no1. The fourth-order valence-electron chi connectivity index (χ4n) is 1.30. The Morgan fingerprint density at radius 2 is 2.31 bits per heavy atom. The lowest BCUT2D eigenvalue weighted by Crippen LogP contribution is -2.19. The summed E-state index contributed by atoms with van der Waals surface area (Å²) in [5.74, 6) is 1.22. The van der Waals surface area contributed by atoms with Crippen LogP contribution in [0.1, 0.15) is 30.4 Å². The maximum atomic E-state index is 4.87. The van der Waals surface area contributed by atoms with Gasteiger partial charge in [-0.05, 0) is 6.92 Å². The van der Waals surface area contributed by atoms with Crippen molar-refractivity contribution in [1.29, 1.82) is 0 Å². The summed E-state index contributed by atoms with van der Waals surface area (Å²) in [6, 6.07) is 0.104. The van der Waals surface area contributed by atoms with Crippen LogP contribution in [-0.2, 0) is 6.54 Å². The van der Waals surface area contributed by atoms with E-state index < -0.39 is 0 Å². The van der Waals surface area contributed by atoms with Crippen LogP contribution in [0.15, 0.2) is 23.1 Å². The Morgan fingerprint density at radius 3 is 2.94 bits per heavy atom. The molecule has 1 atom stereocenters. The van der Waals surface area contributed by atoms with Gasteiger partial charge < -0.3 is 9.84 Å². The maximum Gasteiger partial charge on any atom is 0.223 e. The molecule has 0 aliphatic rings. The van der Waals surface area contributed by atoms with Crippen LogP contribution in [0.4, 0.5) is 0 Å². The third kappa shape index (κ3) is 2.60. The molecule has 0 aromatic carbocycles. The van der Waals surface area contributed by atoms with Gasteiger partial charge in [-0.25, -0.2) is 0 Å². The first-order chi connectivity index (χ1) is 7.75. The van der Waals surface area contributed by atoms with Crippen LogP contribution in [-0.4, -0.2) is 20.1 Å². The predicted molar refractivity (Wildman–Crippen MR) is 56.3 cm³/mol. The first-order valence-corrected chi connectivity index (χ1v) is 5.04. The van der Waals surface area contributed by atoms with E-state index in [-0.39, 0.29) is 6.04 Å². The monoisotopic (exact) mass is 219 g/mol. The van der Waals surface area contributed by atoms with E-state index in [0.29, 0.717) is 18.3 Å². The summed E-state index contributed by atoms with van der Waals surface area (Å²) in [4.78, 5) is 12.3. The molecule has 0 fully saturated rings. The summed E-state index contributed by atoms with van der Waals surface area (Å²) in [7, 11) is 0. The number of nitrogens with zero attached hydrogens (tertiary/aromatic N) is 4. The summed E-state index contributed by atoms with van der Waals surface area (Å²) < 4.78 is 4.87. The highest BCUT2D eigenvalue weighted by Gasteiger charge is 2.08. The molecule has 0 amide bonds. The molecule has 0 saturated heterocycles. The van der Waals surface area contributed by atoms with Crippen molar-refractivity contribution in [2.24, 2.45) is 0 Å². The fourth-order valence-corrected chi connectivity index (χ4v) is 1.30. The minimum absolute atomic E-state index is 0.104. The summed E-state index contributed by atoms with van der Waals surface area (Å²) in [5.41, 5.74) is 0.891. The average molecular weight is 219 g/mol. The minimum Gasteiger partial charge on any atom is -0.340 e. The van der Waals surface area contributed by atoms with E-state index in [9.17, 15) is 0 Å². The van der Waals surface area contributed by atoms with Crippen molar-refractivity contribution in [2.45, 2.75) is 26.4 Å². The molecular formula is C10H13N5O. The Balaban J connectivity index is 1.91. The molecule has 84 valence electrons. The number of hydrogen-bond acceptors (Lipinski definition) is 6. The lowest BCUT2D eigenvalue weighted by molar-refractivity contribution is 0.384. The molecule has 16 heavy (non-hydrogen) atoms. The van der Waals surface area contributed by atoms with Crippen molar-refractivity contribution >= 4 is 0 Å². The number of rotatable bonds is 4. The van der Waals surface area contributed by atoms with E-state index in [1.165, 1.54) is 0 Å². The predicted octanol–water partition coefficient (Wildman–Crippen LogP) is 1.02. The molecule has 2 rings (SSSR count). The van der Waals surface area contributed by atoms with Crippen molar-refractivity contribution < 1.29 is 4.52 Å². The summed E-state index contributed by atoms with van der Waals surface area (Å²) >= 11 is 0. The van der Waals surface area contributed by atoms with Gasteiger partial charge in [0.05, 0.1) is 12.2 Å². The van der Waals surface area contributed by atoms with Crippen molar-refractivity contribution in [1.82, 2.24) is 25.4 Å². The van der Waals surface area contributed by atoms with Gasteiger partial charge in [-0.3, -0.25) is 9.97 Å². The van der Waals surface area contributed by atoms with Gasteiger partial charge in [0, 0.05) is 31.6 Å². The van der Waals surface area contributed by atoms with Gasteiger partial charge in [-0.15, -0.1) is 0 Å². The van der Waals surface area contributed by atoms with E-state index in [1.807, 2.05) is 6.92 Å². The Bertz CT molecular complexity index is 441. The summed E-state index contributed by atoms with van der Waals surface area (Å²) in [6.07, 6.45) is 5.06. The first-order valence-electron chi connectivity index (χ1n) is 5.04. The first kappa shape index (κ1) is 10.7. The van der Waals surface area contributed by atoms with Gasteiger partial charge in [0.15, 0.2) is 5.82 Å². The second-order valence-corrected chi connectivity index (χ2v) is 3.46. The lowest BCUT2D eigenvalue weighted by Gasteiger charge is -2.10. The van der Waals surface area contributed by atoms with Crippen LogP contribution in [0.5, 0.6) is 0 Å². The number of nitrogens with one attached hydrogen (secondary N) is 1. The second kappa shape index (κ2) is 4.80. The van der Waals surface area contributed by atoms with Crippen LogP contribution in [0, 0.1) is 6.92 Å². The molecule has 0 bridgehead atoms. The molecule has 6 nitrogen and oxygen atoms in total. The average Bonchev–Trinajstić information content (AvgIpc) is 2.73. The standard InChI is InChI=1S/C10H13N5O/c1-7(9-5-11-3-4-12-9)13-6-10-14-8(2)16-15-10/h3-5,7,13H,6H2,1-2H3. The molecule has 1 N–H and O–H groups in total. The Kier molecular flexibility index (Phi) is 3.21. The zero-order chi connectivity index (χ0) is 11.4. The molecule has 2 aromatic rings. The molecule has 1 unspecified atom stereocenters. The number of hydrogen-bond donors (Lipinski definition) is 1. The van der Waals surface area contributed by atoms with E-state index in [1.54, 1.807) is 25.5 Å². The number of aryl methyl sites for hydroxylation is 1. The normalized spacial score (nSPS) is 12.6. The van der Waals surface area contributed by atoms with Crippen molar-refractivity contribution in [3.05, 3.63) is 36.0 Å². The van der Waals surface area contributed by atoms with Crippen molar-refractivity contribution in [2.75, 3.05) is 0 Å². The van der Waals surface area contributed by atoms with Crippen molar-refractivity contribution in [3.8, 4) is 0 Å². The zero-order valence-corrected chi connectivity index (χ0v) is 9.21. The van der Waals surface area contributed by atoms with Gasteiger partial charge in [-0.1, -0.05) is 5.16 Å². The van der Waals surface area contributed by atoms with E-state index in [2.05, 4.69) is 25.4 Å². The summed E-state index contributed by atoms with van der Waals surface area (Å²) in [5, 5.41) is 7.04. The fraction of sp³-hybridized carbons (Fsp3) is 0.400. The highest BCUT2D eigenvalue weighted by atomic mass is 16.5. The van der Waals surface area contributed by atoms with E-state index in [4.69, 9.17) is 4.52 Å². The van der Waals surface area contributed by atoms with Crippen LogP contribution in [0.3, 0.4) is 0 Å². The lowest BCUT2D eigenvalue weighted by atomic mass is 10.2. The second-order valence-electron chi connectivity index (χ2n) is 3.46. The van der Waals surface area contributed by atoms with Crippen molar-refractivity contribution in [3.63, 3.8) is 0 Å². The number of aromatic nitrogens is 4. The van der Waals surface area contributed by atoms with E-state index in [0.717, 1.165) is 5.69 Å². The van der Waals surface area contributed by atoms with Gasteiger partial charge in [-0.2, -0.15) is 4.98 Å². The third-order valence-corrected chi connectivity index (χ3v) is 2.16. The van der Waals surface area contributed by atoms with Crippen LogP contribution >= 0.6 is 0 Å². The highest BCUT2D eigenvalue weighted by Crippen LogP contribution is 2.07. The Labute approximate surface area is 93.1 Å². The largest absolute Gasteiger partial charge is 0.340 e. The van der Waals surface area contributed by atoms with Gasteiger partial charge in [0.1, 0.15) is 0 Å². The van der Waals surface area contributed by atoms with Crippen LogP contribution in [0.25, 0.3) is 0 Å². The van der Waals surface area contributed by atoms with Gasteiger partial charge >= 0.3 is 0 Å². The third-order valence-electron chi connectivity index (χ3n) is 2.16. The van der Waals surface area contributed by atoms with Gasteiger partial charge in [0.2, 0.25) is 5.89 Å². The smallest absolute Gasteiger partial charge is 0.223 e. The molecule has 2 aromatic heterocycles. The Hall–Kier alpha value is -1.82. The molecule has 6 heteroatoms. The molecule has 0 aliphatic heterocycles.